The minimum atomic E-state index is -0.318. The minimum absolute atomic E-state index is 0.318. The van der Waals surface area contributed by atoms with Gasteiger partial charge in [0.15, 0.2) is 0 Å². The van der Waals surface area contributed by atoms with Gasteiger partial charge in [0.25, 0.3) is 0 Å². The number of rotatable bonds is 5. The summed E-state index contributed by atoms with van der Waals surface area (Å²) >= 11 is 0. The first-order valence-corrected chi connectivity index (χ1v) is 4.02. The fraction of sp³-hybridized carbons (Fsp3) is 0.714. The molecule has 5 heteroatoms. The van der Waals surface area contributed by atoms with Crippen LogP contribution in [-0.2, 0) is 13.0 Å². The fourth-order valence-electron chi connectivity index (χ4n) is 1.02. The summed E-state index contributed by atoms with van der Waals surface area (Å²) in [7, 11) is 0. The fourth-order valence-corrected chi connectivity index (χ4v) is 1.02. The number of nitrogens with zero attached hydrogens (tertiary/aromatic N) is 3. The zero-order valence-corrected chi connectivity index (χ0v) is 6.91. The quantitative estimate of drug-likeness (QED) is 0.687. The van der Waals surface area contributed by atoms with Crippen LogP contribution in [-0.4, -0.2) is 28.2 Å². The van der Waals surface area contributed by atoms with Crippen molar-refractivity contribution in [3.05, 3.63) is 11.9 Å². The Balaban J connectivity index is 2.51. The molecule has 68 valence electrons. The Labute approximate surface area is 70.6 Å². The Hall–Kier alpha value is -0.970. The number of hydrogen-bond acceptors (Lipinski definition) is 3. The van der Waals surface area contributed by atoms with E-state index < -0.39 is 0 Å². The Bertz CT molecular complexity index is 223. The predicted molar refractivity (Wildman–Crippen MR) is 43.4 cm³/mol. The summed E-state index contributed by atoms with van der Waals surface area (Å²) in [5, 5.41) is 7.55. The molecule has 0 saturated heterocycles. The summed E-state index contributed by atoms with van der Waals surface area (Å²) < 4.78 is 13.5. The maximum Gasteiger partial charge on any atom is 0.0912 e. The first-order chi connectivity index (χ1) is 5.88. The lowest BCUT2D eigenvalue weighted by Gasteiger charge is -2.02. The molecule has 4 nitrogen and oxygen atoms in total. The van der Waals surface area contributed by atoms with E-state index in [-0.39, 0.29) is 6.67 Å². The monoisotopic (exact) mass is 172 g/mol. The molecule has 0 saturated carbocycles. The van der Waals surface area contributed by atoms with Crippen LogP contribution in [0.2, 0.25) is 0 Å². The number of nitrogens with two attached hydrogens (primary N) is 1. The van der Waals surface area contributed by atoms with E-state index in [9.17, 15) is 4.39 Å². The zero-order chi connectivity index (χ0) is 8.81. The van der Waals surface area contributed by atoms with Gasteiger partial charge >= 0.3 is 0 Å². The van der Waals surface area contributed by atoms with Crippen LogP contribution in [0.4, 0.5) is 4.39 Å². The largest absolute Gasteiger partial charge is 0.330 e. The Morgan fingerprint density at radius 2 is 2.42 bits per heavy atom. The van der Waals surface area contributed by atoms with Crippen molar-refractivity contribution in [2.75, 3.05) is 13.2 Å². The number of halogens is 1. The second kappa shape index (κ2) is 4.82. The van der Waals surface area contributed by atoms with Crippen LogP contribution in [0, 0.1) is 0 Å². The van der Waals surface area contributed by atoms with Crippen molar-refractivity contribution in [1.29, 1.82) is 0 Å². The van der Waals surface area contributed by atoms with Crippen molar-refractivity contribution >= 4 is 0 Å². The first kappa shape index (κ1) is 9.12. The molecule has 0 spiro atoms. The Kier molecular flexibility index (Phi) is 3.66. The van der Waals surface area contributed by atoms with Crippen LogP contribution in [0.1, 0.15) is 12.1 Å². The van der Waals surface area contributed by atoms with Gasteiger partial charge in [-0.25, -0.2) is 4.68 Å². The summed E-state index contributed by atoms with van der Waals surface area (Å²) in [5.41, 5.74) is 6.35. The van der Waals surface area contributed by atoms with Crippen molar-refractivity contribution < 1.29 is 4.39 Å². The molecular formula is C7H13FN4. The summed E-state index contributed by atoms with van der Waals surface area (Å²) in [6.45, 7) is 0.844. The highest BCUT2D eigenvalue weighted by molar-refractivity contribution is 4.94. The van der Waals surface area contributed by atoms with E-state index in [0.717, 1.165) is 12.1 Å². The third kappa shape index (κ3) is 2.27. The molecule has 0 fully saturated rings. The summed E-state index contributed by atoms with van der Waals surface area (Å²) in [4.78, 5) is 0. The topological polar surface area (TPSA) is 56.7 Å². The summed E-state index contributed by atoms with van der Waals surface area (Å²) in [6, 6.07) is 0. The molecule has 0 unspecified atom stereocenters. The second-order valence-electron chi connectivity index (χ2n) is 2.53. The van der Waals surface area contributed by atoms with Crippen LogP contribution in [0.15, 0.2) is 6.20 Å². The number of hydrogen-bond donors (Lipinski definition) is 1. The molecule has 1 heterocycles. The normalized spacial score (nSPS) is 10.5. The van der Waals surface area contributed by atoms with E-state index in [0.29, 0.717) is 19.5 Å². The molecule has 1 aromatic rings. The molecule has 0 aliphatic heterocycles. The van der Waals surface area contributed by atoms with Gasteiger partial charge in [-0.15, -0.1) is 5.10 Å². The highest BCUT2D eigenvalue weighted by Gasteiger charge is 2.01. The molecule has 0 aliphatic rings. The molecule has 0 aliphatic carbocycles. The van der Waals surface area contributed by atoms with Crippen LogP contribution >= 0.6 is 0 Å². The van der Waals surface area contributed by atoms with Crippen molar-refractivity contribution in [1.82, 2.24) is 15.0 Å². The average molecular weight is 172 g/mol. The Morgan fingerprint density at radius 1 is 1.58 bits per heavy atom. The molecule has 1 aromatic heterocycles. The standard InChI is InChI=1S/C7H13FN4/c8-3-1-5-12-7(2-4-9)6-10-11-12/h6H,1-5,9H2. The van der Waals surface area contributed by atoms with Crippen LogP contribution in [0.5, 0.6) is 0 Å². The second-order valence-corrected chi connectivity index (χ2v) is 2.53. The lowest BCUT2D eigenvalue weighted by Crippen LogP contribution is -2.10. The predicted octanol–water partition coefficient (Wildman–Crippen LogP) is 0.139. The maximum atomic E-state index is 11.8. The molecule has 1 rings (SSSR count). The van der Waals surface area contributed by atoms with Crippen molar-refractivity contribution in [3.8, 4) is 0 Å². The van der Waals surface area contributed by atoms with E-state index in [2.05, 4.69) is 10.3 Å². The van der Waals surface area contributed by atoms with E-state index >= 15 is 0 Å². The maximum absolute atomic E-state index is 11.8. The number of aromatic nitrogens is 3. The SMILES string of the molecule is NCCc1cnnn1CCCF. The smallest absolute Gasteiger partial charge is 0.0912 e. The molecular weight excluding hydrogens is 159 g/mol. The molecule has 0 bridgehead atoms. The van der Waals surface area contributed by atoms with Gasteiger partial charge < -0.3 is 5.73 Å². The minimum Gasteiger partial charge on any atom is -0.330 e. The van der Waals surface area contributed by atoms with Crippen molar-refractivity contribution in [3.63, 3.8) is 0 Å². The van der Waals surface area contributed by atoms with E-state index in [1.165, 1.54) is 0 Å². The summed E-state index contributed by atoms with van der Waals surface area (Å²) in [6.07, 6.45) is 2.91. The lowest BCUT2D eigenvalue weighted by atomic mass is 10.3. The lowest BCUT2D eigenvalue weighted by molar-refractivity contribution is 0.426. The van der Waals surface area contributed by atoms with Gasteiger partial charge in [0.1, 0.15) is 0 Å². The number of alkyl halides is 1. The molecule has 0 atom stereocenters. The van der Waals surface area contributed by atoms with Crippen LogP contribution in [0.3, 0.4) is 0 Å². The average Bonchev–Trinajstić information content (AvgIpc) is 2.50. The third-order valence-corrected chi connectivity index (χ3v) is 1.60. The van der Waals surface area contributed by atoms with Gasteiger partial charge in [-0.2, -0.15) is 0 Å². The highest BCUT2D eigenvalue weighted by atomic mass is 19.1. The molecule has 0 radical (unpaired) electrons. The van der Waals surface area contributed by atoms with Crippen LogP contribution in [0.25, 0.3) is 0 Å². The first-order valence-electron chi connectivity index (χ1n) is 4.02. The Morgan fingerprint density at radius 3 is 3.08 bits per heavy atom. The van der Waals surface area contributed by atoms with Crippen LogP contribution < -0.4 is 5.73 Å². The van der Waals surface area contributed by atoms with Gasteiger partial charge in [0.05, 0.1) is 18.6 Å². The zero-order valence-electron chi connectivity index (χ0n) is 6.91. The number of aryl methyl sites for hydroxylation is 1. The van der Waals surface area contributed by atoms with Crippen molar-refractivity contribution in [2.45, 2.75) is 19.4 Å². The third-order valence-electron chi connectivity index (χ3n) is 1.60. The van der Waals surface area contributed by atoms with E-state index in [1.54, 1.807) is 10.9 Å². The molecule has 2 N–H and O–H groups in total. The van der Waals surface area contributed by atoms with Gasteiger partial charge in [0.2, 0.25) is 0 Å². The summed E-state index contributed by atoms with van der Waals surface area (Å²) in [5.74, 6) is 0. The molecule has 0 amide bonds. The molecule has 12 heavy (non-hydrogen) atoms. The van der Waals surface area contributed by atoms with E-state index in [1.807, 2.05) is 0 Å². The van der Waals surface area contributed by atoms with Gasteiger partial charge in [-0.1, -0.05) is 5.21 Å². The molecule has 0 aromatic carbocycles. The van der Waals surface area contributed by atoms with E-state index in [4.69, 9.17) is 5.73 Å². The van der Waals surface area contributed by atoms with Crippen molar-refractivity contribution in [2.24, 2.45) is 5.73 Å². The van der Waals surface area contributed by atoms with Gasteiger partial charge in [-0.3, -0.25) is 4.39 Å². The van der Waals surface area contributed by atoms with Gasteiger partial charge in [0, 0.05) is 13.0 Å². The highest BCUT2D eigenvalue weighted by Crippen LogP contribution is 1.98. The van der Waals surface area contributed by atoms with Gasteiger partial charge in [-0.05, 0) is 13.0 Å².